The first-order valence-corrected chi connectivity index (χ1v) is 6.49. The number of methoxy groups -OCH3 is 1. The van der Waals surface area contributed by atoms with Crippen molar-refractivity contribution < 1.29 is 14.3 Å². The Balaban J connectivity index is 1.86. The minimum atomic E-state index is -0.121. The Labute approximate surface area is 113 Å². The van der Waals surface area contributed by atoms with Crippen molar-refractivity contribution in [1.82, 2.24) is 5.32 Å². The van der Waals surface area contributed by atoms with Gasteiger partial charge in [-0.3, -0.25) is 4.79 Å². The Morgan fingerprint density at radius 3 is 3.05 bits per heavy atom. The van der Waals surface area contributed by atoms with Crippen molar-refractivity contribution in [2.45, 2.75) is 12.8 Å². The van der Waals surface area contributed by atoms with Gasteiger partial charge in [0.25, 0.3) is 5.91 Å². The highest BCUT2D eigenvalue weighted by Gasteiger charge is 2.15. The normalized spacial score (nSPS) is 18.3. The maximum absolute atomic E-state index is 12.0. The molecule has 0 aliphatic carbocycles. The topological polar surface area (TPSA) is 73.6 Å². The second kappa shape index (κ2) is 6.43. The van der Waals surface area contributed by atoms with E-state index in [0.29, 0.717) is 29.5 Å². The largest absolute Gasteiger partial charge is 0.497 e. The molecule has 1 aliphatic heterocycles. The Hall–Kier alpha value is -1.75. The SMILES string of the molecule is COc1cc(N)cc(C(=O)NCCC2CCOC2)c1. The molecule has 0 bridgehead atoms. The highest BCUT2D eigenvalue weighted by Crippen LogP contribution is 2.19. The molecule has 1 aromatic rings. The van der Waals surface area contributed by atoms with Gasteiger partial charge in [-0.2, -0.15) is 0 Å². The van der Waals surface area contributed by atoms with E-state index in [9.17, 15) is 4.79 Å². The van der Waals surface area contributed by atoms with Crippen molar-refractivity contribution in [3.63, 3.8) is 0 Å². The molecule has 1 aliphatic rings. The number of hydrogen-bond acceptors (Lipinski definition) is 4. The number of nitrogens with one attached hydrogen (secondary N) is 1. The molecule has 0 aromatic heterocycles. The van der Waals surface area contributed by atoms with Crippen LogP contribution in [0.2, 0.25) is 0 Å². The van der Waals surface area contributed by atoms with E-state index in [1.807, 2.05) is 0 Å². The Morgan fingerprint density at radius 1 is 1.53 bits per heavy atom. The highest BCUT2D eigenvalue weighted by atomic mass is 16.5. The number of carbonyl (C=O) groups is 1. The first-order chi connectivity index (χ1) is 9.19. The summed E-state index contributed by atoms with van der Waals surface area (Å²) < 4.78 is 10.4. The third-order valence-electron chi connectivity index (χ3n) is 3.29. The van der Waals surface area contributed by atoms with Crippen molar-refractivity contribution in [3.05, 3.63) is 23.8 Å². The van der Waals surface area contributed by atoms with E-state index in [1.54, 1.807) is 25.3 Å². The number of nitrogens with two attached hydrogens (primary N) is 1. The number of rotatable bonds is 5. The van der Waals surface area contributed by atoms with Gasteiger partial charge in [0.1, 0.15) is 5.75 Å². The van der Waals surface area contributed by atoms with E-state index < -0.39 is 0 Å². The van der Waals surface area contributed by atoms with Gasteiger partial charge < -0.3 is 20.5 Å². The van der Waals surface area contributed by atoms with Gasteiger partial charge in [-0.1, -0.05) is 0 Å². The van der Waals surface area contributed by atoms with Gasteiger partial charge in [0.15, 0.2) is 0 Å². The first kappa shape index (κ1) is 13.7. The Morgan fingerprint density at radius 2 is 2.37 bits per heavy atom. The van der Waals surface area contributed by atoms with Crippen LogP contribution < -0.4 is 15.8 Å². The molecule has 1 unspecified atom stereocenters. The lowest BCUT2D eigenvalue weighted by molar-refractivity contribution is 0.0950. The predicted molar refractivity (Wildman–Crippen MR) is 73.3 cm³/mol. The summed E-state index contributed by atoms with van der Waals surface area (Å²) in [6.45, 7) is 2.30. The summed E-state index contributed by atoms with van der Waals surface area (Å²) in [6, 6.07) is 5.02. The van der Waals surface area contributed by atoms with Crippen molar-refractivity contribution in [1.29, 1.82) is 0 Å². The van der Waals surface area contributed by atoms with Crippen LogP contribution in [0.3, 0.4) is 0 Å². The number of nitrogen functional groups attached to an aromatic ring is 1. The van der Waals surface area contributed by atoms with E-state index in [0.717, 1.165) is 26.1 Å². The zero-order valence-corrected chi connectivity index (χ0v) is 11.1. The zero-order chi connectivity index (χ0) is 13.7. The molecule has 0 spiro atoms. The molecule has 5 nitrogen and oxygen atoms in total. The van der Waals surface area contributed by atoms with Gasteiger partial charge in [-0.15, -0.1) is 0 Å². The van der Waals surface area contributed by atoms with Crippen LogP contribution >= 0.6 is 0 Å². The number of amides is 1. The Bertz CT molecular complexity index is 442. The summed E-state index contributed by atoms with van der Waals surface area (Å²) >= 11 is 0. The van der Waals surface area contributed by atoms with E-state index in [-0.39, 0.29) is 5.91 Å². The van der Waals surface area contributed by atoms with Crippen molar-refractivity contribution >= 4 is 11.6 Å². The summed E-state index contributed by atoms with van der Waals surface area (Å²) in [5, 5.41) is 2.90. The molecular formula is C14H20N2O3. The number of carbonyl (C=O) groups excluding carboxylic acids is 1. The van der Waals surface area contributed by atoms with Gasteiger partial charge >= 0.3 is 0 Å². The second-order valence-electron chi connectivity index (χ2n) is 4.77. The highest BCUT2D eigenvalue weighted by molar-refractivity contribution is 5.95. The summed E-state index contributed by atoms with van der Waals surface area (Å²) in [5.41, 5.74) is 6.77. The van der Waals surface area contributed by atoms with Gasteiger partial charge in [-0.25, -0.2) is 0 Å². The smallest absolute Gasteiger partial charge is 0.251 e. The molecule has 19 heavy (non-hydrogen) atoms. The molecule has 5 heteroatoms. The average Bonchev–Trinajstić information content (AvgIpc) is 2.91. The van der Waals surface area contributed by atoms with E-state index in [1.165, 1.54) is 0 Å². The quantitative estimate of drug-likeness (QED) is 0.789. The van der Waals surface area contributed by atoms with Crippen LogP contribution in [0.1, 0.15) is 23.2 Å². The molecular weight excluding hydrogens is 244 g/mol. The molecule has 1 fully saturated rings. The van der Waals surface area contributed by atoms with Crippen LogP contribution in [-0.2, 0) is 4.74 Å². The van der Waals surface area contributed by atoms with Crippen molar-refractivity contribution in [2.24, 2.45) is 5.92 Å². The summed E-state index contributed by atoms with van der Waals surface area (Å²) in [6.07, 6.45) is 2.03. The van der Waals surface area contributed by atoms with Gasteiger partial charge in [0, 0.05) is 37.1 Å². The number of ether oxygens (including phenoxy) is 2. The molecule has 1 atom stereocenters. The fourth-order valence-corrected chi connectivity index (χ4v) is 2.17. The molecule has 104 valence electrons. The van der Waals surface area contributed by atoms with Gasteiger partial charge in [0.05, 0.1) is 7.11 Å². The van der Waals surface area contributed by atoms with E-state index in [4.69, 9.17) is 15.2 Å². The van der Waals surface area contributed by atoms with Crippen LogP contribution in [0.5, 0.6) is 5.75 Å². The second-order valence-corrected chi connectivity index (χ2v) is 4.77. The van der Waals surface area contributed by atoms with Crippen LogP contribution in [0, 0.1) is 5.92 Å². The molecule has 3 N–H and O–H groups in total. The number of hydrogen-bond donors (Lipinski definition) is 2. The van der Waals surface area contributed by atoms with Crippen LogP contribution in [0.4, 0.5) is 5.69 Å². The summed E-state index contributed by atoms with van der Waals surface area (Å²) in [4.78, 5) is 12.0. The van der Waals surface area contributed by atoms with Crippen LogP contribution in [0.15, 0.2) is 18.2 Å². The third kappa shape index (κ3) is 3.86. The summed E-state index contributed by atoms with van der Waals surface area (Å²) in [7, 11) is 1.55. The van der Waals surface area contributed by atoms with E-state index >= 15 is 0 Å². The maximum atomic E-state index is 12.0. The minimum Gasteiger partial charge on any atom is -0.497 e. The number of benzene rings is 1. The molecule has 1 aromatic carbocycles. The lowest BCUT2D eigenvalue weighted by atomic mass is 10.1. The fraction of sp³-hybridized carbons (Fsp3) is 0.500. The molecule has 2 rings (SSSR count). The molecule has 1 amide bonds. The average molecular weight is 264 g/mol. The van der Waals surface area contributed by atoms with Crippen molar-refractivity contribution in [2.75, 3.05) is 32.6 Å². The predicted octanol–water partition coefficient (Wildman–Crippen LogP) is 1.43. The van der Waals surface area contributed by atoms with Crippen LogP contribution in [0.25, 0.3) is 0 Å². The minimum absolute atomic E-state index is 0.121. The maximum Gasteiger partial charge on any atom is 0.251 e. The lowest BCUT2D eigenvalue weighted by Crippen LogP contribution is -2.26. The Kier molecular flexibility index (Phi) is 4.63. The van der Waals surface area contributed by atoms with Gasteiger partial charge in [-0.05, 0) is 30.9 Å². The third-order valence-corrected chi connectivity index (χ3v) is 3.29. The summed E-state index contributed by atoms with van der Waals surface area (Å²) in [5.74, 6) is 1.04. The number of anilines is 1. The lowest BCUT2D eigenvalue weighted by Gasteiger charge is -2.10. The van der Waals surface area contributed by atoms with Crippen LogP contribution in [-0.4, -0.2) is 32.8 Å². The zero-order valence-electron chi connectivity index (χ0n) is 11.1. The van der Waals surface area contributed by atoms with Gasteiger partial charge in [0.2, 0.25) is 0 Å². The standard InChI is InChI=1S/C14H20N2O3/c1-18-13-7-11(6-12(15)8-13)14(17)16-4-2-10-3-5-19-9-10/h6-8,10H,2-5,9,15H2,1H3,(H,16,17). The first-order valence-electron chi connectivity index (χ1n) is 6.49. The molecule has 1 heterocycles. The molecule has 0 saturated carbocycles. The fourth-order valence-electron chi connectivity index (χ4n) is 2.17. The van der Waals surface area contributed by atoms with E-state index in [2.05, 4.69) is 5.32 Å². The molecule has 1 saturated heterocycles. The molecule has 0 radical (unpaired) electrons. The van der Waals surface area contributed by atoms with Crippen molar-refractivity contribution in [3.8, 4) is 5.75 Å². The monoisotopic (exact) mass is 264 g/mol.